The van der Waals surface area contributed by atoms with Crippen LogP contribution >= 0.6 is 0 Å². The highest BCUT2D eigenvalue weighted by molar-refractivity contribution is 5.76. The van der Waals surface area contributed by atoms with Crippen LogP contribution < -0.4 is 5.32 Å². The average molecular weight is 712 g/mol. The Bertz CT molecular complexity index is 858. The summed E-state index contributed by atoms with van der Waals surface area (Å²) >= 11 is 0. The van der Waals surface area contributed by atoms with Gasteiger partial charge in [-0.05, 0) is 57.8 Å². The molecule has 0 aliphatic heterocycles. The second kappa shape index (κ2) is 42.5. The maximum atomic E-state index is 12.4. The molecule has 0 aliphatic rings. The van der Waals surface area contributed by atoms with Crippen LogP contribution in [0.3, 0.4) is 0 Å². The minimum absolute atomic E-state index is 0.0367. The molecule has 4 nitrogen and oxygen atoms in total. The first kappa shape index (κ1) is 49.1. The van der Waals surface area contributed by atoms with Crippen molar-refractivity contribution in [2.24, 2.45) is 0 Å². The number of carbonyl (C=O) groups excluding carboxylic acids is 1. The number of hydrogen-bond acceptors (Lipinski definition) is 3. The Morgan fingerprint density at radius 2 is 0.863 bits per heavy atom. The van der Waals surface area contributed by atoms with Crippen molar-refractivity contribution in [3.05, 3.63) is 60.8 Å². The Balaban J connectivity index is 3.50. The van der Waals surface area contributed by atoms with Gasteiger partial charge in [-0.3, -0.25) is 4.79 Å². The first-order chi connectivity index (χ1) is 25.2. The number of amides is 1. The van der Waals surface area contributed by atoms with Crippen molar-refractivity contribution in [3.63, 3.8) is 0 Å². The summed E-state index contributed by atoms with van der Waals surface area (Å²) in [4.78, 5) is 12.4. The Labute approximate surface area is 317 Å². The summed E-state index contributed by atoms with van der Waals surface area (Å²) in [5.74, 6) is -0.0367. The quantitative estimate of drug-likeness (QED) is 0.0439. The summed E-state index contributed by atoms with van der Waals surface area (Å²) < 4.78 is 0. The third-order valence-electron chi connectivity index (χ3n) is 9.79. The van der Waals surface area contributed by atoms with Gasteiger partial charge in [-0.25, -0.2) is 0 Å². The molecule has 1 amide bonds. The van der Waals surface area contributed by atoms with Crippen molar-refractivity contribution in [1.82, 2.24) is 5.32 Å². The molecule has 0 radical (unpaired) electrons. The van der Waals surface area contributed by atoms with E-state index in [9.17, 15) is 15.0 Å². The van der Waals surface area contributed by atoms with Gasteiger partial charge in [0.25, 0.3) is 0 Å². The highest BCUT2D eigenvalue weighted by Crippen LogP contribution is 2.15. The van der Waals surface area contributed by atoms with Gasteiger partial charge in [-0.2, -0.15) is 0 Å². The average Bonchev–Trinajstić information content (AvgIpc) is 3.13. The van der Waals surface area contributed by atoms with Crippen molar-refractivity contribution in [2.75, 3.05) is 6.61 Å². The van der Waals surface area contributed by atoms with Crippen molar-refractivity contribution in [2.45, 2.75) is 225 Å². The molecule has 0 saturated carbocycles. The van der Waals surface area contributed by atoms with E-state index in [1.807, 2.05) is 0 Å². The molecule has 2 atom stereocenters. The number of nitrogens with one attached hydrogen (secondary N) is 1. The monoisotopic (exact) mass is 712 g/mol. The van der Waals surface area contributed by atoms with E-state index in [0.29, 0.717) is 12.8 Å². The molecule has 0 fully saturated rings. The predicted molar refractivity (Wildman–Crippen MR) is 225 cm³/mol. The lowest BCUT2D eigenvalue weighted by Gasteiger charge is -2.22. The standard InChI is InChI=1S/C47H85NO3/c1-3-5-7-9-11-13-15-16-17-18-19-20-21-22-23-24-25-26-27-28-29-30-31-32-33-35-37-39-41-43-47(51)48-45(44-49)46(50)42-40-38-36-34-14-12-10-8-6-4-2/h5,7,11,13,16-17,19-20,22-23,45-46,49-50H,3-4,6,8-10,12,14-15,18,21,24-44H2,1-2H3,(H,48,51)/b7-5-,13-11-,17-16-,20-19-,23-22-. The molecule has 0 spiro atoms. The van der Waals surface area contributed by atoms with E-state index in [4.69, 9.17) is 0 Å². The molecule has 2 unspecified atom stereocenters. The molecule has 0 aliphatic carbocycles. The van der Waals surface area contributed by atoms with Crippen molar-refractivity contribution >= 4 is 5.91 Å². The van der Waals surface area contributed by atoms with Crippen LogP contribution in [0.5, 0.6) is 0 Å². The zero-order valence-corrected chi connectivity index (χ0v) is 33.9. The molecule has 296 valence electrons. The largest absolute Gasteiger partial charge is 0.394 e. The lowest BCUT2D eigenvalue weighted by molar-refractivity contribution is -0.123. The third-order valence-corrected chi connectivity index (χ3v) is 9.79. The van der Waals surface area contributed by atoms with Gasteiger partial charge in [0.1, 0.15) is 0 Å². The van der Waals surface area contributed by atoms with E-state index in [0.717, 1.165) is 57.8 Å². The zero-order chi connectivity index (χ0) is 37.1. The van der Waals surface area contributed by atoms with Gasteiger partial charge in [-0.1, -0.05) is 209 Å². The van der Waals surface area contributed by atoms with Crippen LogP contribution in [-0.2, 0) is 4.79 Å². The van der Waals surface area contributed by atoms with Gasteiger partial charge in [0, 0.05) is 6.42 Å². The van der Waals surface area contributed by atoms with Crippen LogP contribution in [0.15, 0.2) is 60.8 Å². The molecule has 0 aromatic carbocycles. The number of rotatable bonds is 39. The Morgan fingerprint density at radius 1 is 0.490 bits per heavy atom. The second-order valence-electron chi connectivity index (χ2n) is 14.7. The Morgan fingerprint density at radius 3 is 1.29 bits per heavy atom. The molecule has 0 aromatic heterocycles. The molecular weight excluding hydrogens is 627 g/mol. The normalized spacial score (nSPS) is 13.6. The highest BCUT2D eigenvalue weighted by atomic mass is 16.3. The molecule has 51 heavy (non-hydrogen) atoms. The van der Waals surface area contributed by atoms with E-state index in [2.05, 4.69) is 79.9 Å². The molecule has 3 N–H and O–H groups in total. The number of aliphatic hydroxyl groups is 2. The molecule has 0 saturated heterocycles. The van der Waals surface area contributed by atoms with E-state index in [1.54, 1.807) is 0 Å². The number of carbonyl (C=O) groups is 1. The van der Waals surface area contributed by atoms with E-state index in [-0.39, 0.29) is 12.5 Å². The summed E-state index contributed by atoms with van der Waals surface area (Å²) in [5, 5.41) is 23.1. The maximum Gasteiger partial charge on any atom is 0.220 e. The molecule has 0 rings (SSSR count). The summed E-state index contributed by atoms with van der Waals surface area (Å²) in [6.07, 6.45) is 58.8. The van der Waals surface area contributed by atoms with E-state index >= 15 is 0 Å². The second-order valence-corrected chi connectivity index (χ2v) is 14.7. The van der Waals surface area contributed by atoms with Crippen LogP contribution in [0.4, 0.5) is 0 Å². The number of unbranched alkanes of at least 4 members (excludes halogenated alkanes) is 22. The fourth-order valence-electron chi connectivity index (χ4n) is 6.45. The van der Waals surface area contributed by atoms with Crippen LogP contribution in [0.25, 0.3) is 0 Å². The van der Waals surface area contributed by atoms with Crippen LogP contribution in [0.1, 0.15) is 213 Å². The minimum Gasteiger partial charge on any atom is -0.394 e. The van der Waals surface area contributed by atoms with Crippen LogP contribution in [-0.4, -0.2) is 34.9 Å². The van der Waals surface area contributed by atoms with Crippen LogP contribution in [0, 0.1) is 0 Å². The molecule has 0 bridgehead atoms. The summed E-state index contributed by atoms with van der Waals surface area (Å²) in [5.41, 5.74) is 0. The summed E-state index contributed by atoms with van der Waals surface area (Å²) in [6, 6.07) is -0.536. The van der Waals surface area contributed by atoms with Crippen molar-refractivity contribution in [1.29, 1.82) is 0 Å². The maximum absolute atomic E-state index is 12.4. The molecular formula is C47H85NO3. The topological polar surface area (TPSA) is 69.6 Å². The fraction of sp³-hybridized carbons (Fsp3) is 0.766. The highest BCUT2D eigenvalue weighted by Gasteiger charge is 2.19. The van der Waals surface area contributed by atoms with Gasteiger partial charge in [-0.15, -0.1) is 0 Å². The Kier molecular flexibility index (Phi) is 40.9. The van der Waals surface area contributed by atoms with Gasteiger partial charge < -0.3 is 15.5 Å². The molecule has 0 heterocycles. The first-order valence-electron chi connectivity index (χ1n) is 22.0. The first-order valence-corrected chi connectivity index (χ1v) is 22.0. The Hall–Kier alpha value is -1.91. The summed E-state index contributed by atoms with van der Waals surface area (Å²) in [7, 11) is 0. The SMILES string of the molecule is CC/C=C\C/C=C\C/C=C\C/C=C\C/C=C\CCCCCCCCCCCCCCCC(=O)NC(CO)C(O)CCCCCCCCCCCC. The van der Waals surface area contributed by atoms with Gasteiger partial charge >= 0.3 is 0 Å². The van der Waals surface area contributed by atoms with Crippen molar-refractivity contribution < 1.29 is 15.0 Å². The molecule has 0 aromatic rings. The smallest absolute Gasteiger partial charge is 0.220 e. The van der Waals surface area contributed by atoms with E-state index in [1.165, 1.54) is 128 Å². The fourth-order valence-corrected chi connectivity index (χ4v) is 6.45. The summed E-state index contributed by atoms with van der Waals surface area (Å²) in [6.45, 7) is 4.22. The van der Waals surface area contributed by atoms with Crippen LogP contribution in [0.2, 0.25) is 0 Å². The van der Waals surface area contributed by atoms with Gasteiger partial charge in [0.05, 0.1) is 18.8 Å². The number of allylic oxidation sites excluding steroid dienone is 10. The van der Waals surface area contributed by atoms with Crippen molar-refractivity contribution in [3.8, 4) is 0 Å². The zero-order valence-electron chi connectivity index (χ0n) is 33.9. The predicted octanol–water partition coefficient (Wildman–Crippen LogP) is 13.7. The lowest BCUT2D eigenvalue weighted by Crippen LogP contribution is -2.45. The minimum atomic E-state index is -0.659. The number of hydrogen-bond donors (Lipinski definition) is 3. The van der Waals surface area contributed by atoms with Gasteiger partial charge in [0.15, 0.2) is 0 Å². The lowest BCUT2D eigenvalue weighted by atomic mass is 10.0. The third kappa shape index (κ3) is 39.1. The van der Waals surface area contributed by atoms with E-state index < -0.39 is 12.1 Å². The number of aliphatic hydroxyl groups excluding tert-OH is 2. The molecule has 4 heteroatoms. The van der Waals surface area contributed by atoms with Gasteiger partial charge in [0.2, 0.25) is 5.91 Å².